The number of aromatic nitrogens is 2. The molecule has 0 amide bonds. The Kier molecular flexibility index (Phi) is 4.88. The average Bonchev–Trinajstić information content (AvgIpc) is 3.24. The van der Waals surface area contributed by atoms with E-state index in [2.05, 4.69) is 28.0 Å². The van der Waals surface area contributed by atoms with Crippen LogP contribution >= 0.6 is 22.6 Å². The molecule has 0 saturated carbocycles. The number of hydrogen-bond donors (Lipinski definition) is 1. The van der Waals surface area contributed by atoms with Crippen LogP contribution < -0.4 is 20.5 Å². The quantitative estimate of drug-likeness (QED) is 0.402. The zero-order valence-electron chi connectivity index (χ0n) is 15.7. The van der Waals surface area contributed by atoms with E-state index < -0.39 is 0 Å². The van der Waals surface area contributed by atoms with Crippen LogP contribution in [0.15, 0.2) is 71.5 Å². The van der Waals surface area contributed by atoms with Crippen molar-refractivity contribution >= 4 is 51.3 Å². The Morgan fingerprint density at radius 2 is 1.80 bits per heavy atom. The monoisotopic (exact) mass is 509 g/mol. The summed E-state index contributed by atoms with van der Waals surface area (Å²) < 4.78 is 13.3. The van der Waals surface area contributed by atoms with Crippen molar-refractivity contribution in [3.63, 3.8) is 0 Å². The van der Waals surface area contributed by atoms with Gasteiger partial charge in [0.2, 0.25) is 6.79 Å². The fourth-order valence-electron chi connectivity index (χ4n) is 3.22. The second-order valence-electron chi connectivity index (χ2n) is 6.70. The van der Waals surface area contributed by atoms with Gasteiger partial charge in [-0.2, -0.15) is 0 Å². The zero-order chi connectivity index (χ0) is 20.5. The summed E-state index contributed by atoms with van der Waals surface area (Å²) in [6.45, 7) is 0.230. The summed E-state index contributed by atoms with van der Waals surface area (Å²) >= 11 is 2.19. The van der Waals surface area contributed by atoms with Crippen molar-refractivity contribution in [1.29, 1.82) is 0 Å². The number of ether oxygens (including phenoxy) is 2. The topological polar surface area (TPSA) is 65.4 Å². The number of nitrogens with one attached hydrogen (secondary N) is 1. The van der Waals surface area contributed by atoms with E-state index in [0.717, 1.165) is 20.6 Å². The van der Waals surface area contributed by atoms with Crippen LogP contribution in [0.25, 0.3) is 23.1 Å². The van der Waals surface area contributed by atoms with Crippen LogP contribution in [-0.2, 0) is 0 Å². The Morgan fingerprint density at radius 3 is 2.67 bits per heavy atom. The molecule has 4 aromatic rings. The van der Waals surface area contributed by atoms with E-state index in [9.17, 15) is 4.79 Å². The third-order valence-electron chi connectivity index (χ3n) is 4.69. The van der Waals surface area contributed by atoms with Crippen LogP contribution in [0.2, 0.25) is 0 Å². The highest BCUT2D eigenvalue weighted by molar-refractivity contribution is 14.1. The molecule has 0 atom stereocenters. The number of hydrogen-bond acceptors (Lipinski definition) is 5. The minimum Gasteiger partial charge on any atom is -0.454 e. The normalized spacial score (nSPS) is 12.6. The maximum absolute atomic E-state index is 13.3. The third kappa shape index (κ3) is 3.63. The number of halogens is 1. The highest BCUT2D eigenvalue weighted by atomic mass is 127. The van der Waals surface area contributed by atoms with E-state index in [4.69, 9.17) is 14.5 Å². The first-order valence-electron chi connectivity index (χ1n) is 9.29. The van der Waals surface area contributed by atoms with Crippen LogP contribution in [0.4, 0.5) is 5.69 Å². The van der Waals surface area contributed by atoms with Crippen molar-refractivity contribution in [2.45, 2.75) is 0 Å². The van der Waals surface area contributed by atoms with Gasteiger partial charge in [0.15, 0.2) is 17.3 Å². The molecule has 0 aliphatic carbocycles. The van der Waals surface area contributed by atoms with E-state index in [1.807, 2.05) is 78.9 Å². The maximum Gasteiger partial charge on any atom is 0.280 e. The lowest BCUT2D eigenvalue weighted by Crippen LogP contribution is -2.29. The number of benzene rings is 3. The first-order valence-corrected chi connectivity index (χ1v) is 10.4. The Balaban J connectivity index is 1.61. The summed E-state index contributed by atoms with van der Waals surface area (Å²) in [5.41, 5.74) is 5.38. The van der Waals surface area contributed by atoms with Gasteiger partial charge >= 0.3 is 0 Å². The molecule has 0 spiro atoms. The SMILES string of the molecule is O=c1c2cc(I)ccc2nc(/C=C/c2ccc3c(c2)OCO3)n1Nc1ccccc1. The van der Waals surface area contributed by atoms with Crippen molar-refractivity contribution in [3.8, 4) is 11.5 Å². The van der Waals surface area contributed by atoms with Gasteiger partial charge in [-0.25, -0.2) is 9.66 Å². The standard InChI is InChI=1S/C23H16IN3O3/c24-16-8-9-19-18(13-16)23(28)27(26-17-4-2-1-3-5-17)22(25-19)11-7-15-6-10-20-21(12-15)30-14-29-20/h1-13,26H,14H2/b11-7+. The fourth-order valence-corrected chi connectivity index (χ4v) is 3.72. The second kappa shape index (κ2) is 7.83. The van der Waals surface area contributed by atoms with Gasteiger partial charge in [0.05, 0.1) is 16.6 Å². The molecule has 6 nitrogen and oxygen atoms in total. The summed E-state index contributed by atoms with van der Waals surface area (Å²) in [6, 6.07) is 20.9. The van der Waals surface area contributed by atoms with Crippen molar-refractivity contribution < 1.29 is 9.47 Å². The highest BCUT2D eigenvalue weighted by Crippen LogP contribution is 2.33. The van der Waals surface area contributed by atoms with Gasteiger partial charge in [-0.3, -0.25) is 10.2 Å². The van der Waals surface area contributed by atoms with Gasteiger partial charge in [-0.15, -0.1) is 0 Å². The first kappa shape index (κ1) is 18.7. The van der Waals surface area contributed by atoms with Crippen LogP contribution in [0.1, 0.15) is 11.4 Å². The van der Waals surface area contributed by atoms with Crippen molar-refractivity contribution in [2.75, 3.05) is 12.2 Å². The third-order valence-corrected chi connectivity index (χ3v) is 5.36. The summed E-state index contributed by atoms with van der Waals surface area (Å²) in [5, 5.41) is 0.561. The lowest BCUT2D eigenvalue weighted by Gasteiger charge is -2.13. The molecule has 148 valence electrons. The number of nitrogens with zero attached hydrogens (tertiary/aromatic N) is 2. The molecule has 2 heterocycles. The molecule has 0 saturated heterocycles. The van der Waals surface area contributed by atoms with E-state index in [0.29, 0.717) is 22.5 Å². The smallest absolute Gasteiger partial charge is 0.280 e. The molecular weight excluding hydrogens is 493 g/mol. The van der Waals surface area contributed by atoms with E-state index in [-0.39, 0.29) is 12.4 Å². The molecular formula is C23H16IN3O3. The van der Waals surface area contributed by atoms with Gasteiger partial charge < -0.3 is 9.47 Å². The lowest BCUT2D eigenvalue weighted by atomic mass is 10.2. The molecule has 30 heavy (non-hydrogen) atoms. The molecule has 7 heteroatoms. The van der Waals surface area contributed by atoms with Crippen molar-refractivity contribution in [3.05, 3.63) is 92.0 Å². The molecule has 1 aliphatic heterocycles. The Bertz CT molecular complexity index is 1330. The molecule has 1 aromatic heterocycles. The molecule has 0 bridgehead atoms. The molecule has 3 aromatic carbocycles. The minimum absolute atomic E-state index is 0.160. The summed E-state index contributed by atoms with van der Waals surface area (Å²) in [4.78, 5) is 18.0. The lowest BCUT2D eigenvalue weighted by molar-refractivity contribution is 0.174. The number of fused-ring (bicyclic) bond motifs is 2. The number of rotatable bonds is 4. The summed E-state index contributed by atoms with van der Waals surface area (Å²) in [6.07, 6.45) is 3.71. The molecule has 1 N–H and O–H groups in total. The largest absolute Gasteiger partial charge is 0.454 e. The predicted octanol–water partition coefficient (Wildman–Crippen LogP) is 4.78. The Morgan fingerprint density at radius 1 is 0.967 bits per heavy atom. The zero-order valence-corrected chi connectivity index (χ0v) is 17.9. The van der Waals surface area contributed by atoms with Gasteiger partial charge in [-0.1, -0.05) is 30.3 Å². The minimum atomic E-state index is -0.160. The first-order chi connectivity index (χ1) is 14.7. The van der Waals surface area contributed by atoms with Gasteiger partial charge in [-0.05, 0) is 76.7 Å². The van der Waals surface area contributed by atoms with E-state index >= 15 is 0 Å². The van der Waals surface area contributed by atoms with Crippen LogP contribution in [0.5, 0.6) is 11.5 Å². The summed E-state index contributed by atoms with van der Waals surface area (Å²) in [7, 11) is 0. The molecule has 5 rings (SSSR count). The molecule has 0 fully saturated rings. The highest BCUT2D eigenvalue weighted by Gasteiger charge is 2.13. The maximum atomic E-state index is 13.3. The molecule has 0 radical (unpaired) electrons. The fraction of sp³-hybridized carbons (Fsp3) is 0.0435. The van der Waals surface area contributed by atoms with Crippen molar-refractivity contribution in [2.24, 2.45) is 0 Å². The average molecular weight is 509 g/mol. The molecule has 0 unspecified atom stereocenters. The number of para-hydroxylation sites is 1. The second-order valence-corrected chi connectivity index (χ2v) is 7.94. The molecule has 1 aliphatic rings. The predicted molar refractivity (Wildman–Crippen MR) is 126 cm³/mol. The van der Waals surface area contributed by atoms with E-state index in [1.54, 1.807) is 0 Å². The summed E-state index contributed by atoms with van der Waals surface area (Å²) in [5.74, 6) is 1.93. The van der Waals surface area contributed by atoms with Gasteiger partial charge in [0.1, 0.15) is 0 Å². The van der Waals surface area contributed by atoms with Crippen molar-refractivity contribution in [1.82, 2.24) is 9.66 Å². The van der Waals surface area contributed by atoms with Crippen LogP contribution in [0, 0.1) is 3.57 Å². The van der Waals surface area contributed by atoms with E-state index in [1.165, 1.54) is 4.68 Å². The van der Waals surface area contributed by atoms with Gasteiger partial charge in [0.25, 0.3) is 5.56 Å². The Hall–Kier alpha value is -3.33. The van der Waals surface area contributed by atoms with Crippen LogP contribution in [0.3, 0.4) is 0 Å². The van der Waals surface area contributed by atoms with Gasteiger partial charge in [0, 0.05) is 3.57 Å². The number of anilines is 1. The Labute approximate surface area is 185 Å². The van der Waals surface area contributed by atoms with Crippen LogP contribution in [-0.4, -0.2) is 16.5 Å².